The maximum absolute atomic E-state index is 13.6. The lowest BCUT2D eigenvalue weighted by Gasteiger charge is -2.30. The van der Waals surface area contributed by atoms with Crippen molar-refractivity contribution in [3.05, 3.63) is 97.2 Å². The summed E-state index contributed by atoms with van der Waals surface area (Å²) in [5, 5.41) is 3.05. The summed E-state index contributed by atoms with van der Waals surface area (Å²) in [6, 6.07) is -0.898. The van der Waals surface area contributed by atoms with Crippen molar-refractivity contribution in [3.8, 4) is 0 Å². The van der Waals surface area contributed by atoms with Gasteiger partial charge in [-0.25, -0.2) is 0 Å². The Bertz CT molecular complexity index is 1840. The van der Waals surface area contributed by atoms with Gasteiger partial charge in [-0.05, 0) is 115 Å². The molecule has 0 aliphatic heterocycles. The molecule has 0 aromatic heterocycles. The molecule has 0 saturated carbocycles. The molecule has 0 aliphatic carbocycles. The van der Waals surface area contributed by atoms with Crippen LogP contribution >= 0.6 is 7.82 Å². The third-order valence-electron chi connectivity index (χ3n) is 16.5. The van der Waals surface area contributed by atoms with E-state index >= 15 is 0 Å². The lowest BCUT2D eigenvalue weighted by molar-refractivity contribution is -0.870. The molecule has 0 fully saturated rings. The van der Waals surface area contributed by atoms with Gasteiger partial charge in [-0.1, -0.05) is 311 Å². The smallest absolute Gasteiger partial charge is 0.306 e. The Morgan fingerprint density at radius 3 is 1.04 bits per heavy atom. The van der Waals surface area contributed by atoms with Gasteiger partial charge in [0.2, 0.25) is 5.91 Å². The minimum absolute atomic E-state index is 0.0266. The van der Waals surface area contributed by atoms with Crippen LogP contribution in [-0.2, 0) is 27.9 Å². The van der Waals surface area contributed by atoms with Crippen LogP contribution in [-0.4, -0.2) is 69.4 Å². The van der Waals surface area contributed by atoms with Crippen LogP contribution in [0.25, 0.3) is 0 Å². The molecule has 89 heavy (non-hydrogen) atoms. The number of phosphoric acid groups is 1. The number of carbonyl (C=O) groups is 2. The summed E-state index contributed by atoms with van der Waals surface area (Å²) in [5.41, 5.74) is 0. The lowest BCUT2D eigenvalue weighted by atomic mass is 10.0. The standard InChI is InChI=1S/C79H143N2O7P/c1-7-10-13-16-19-22-25-28-30-32-34-36-38-39-40-41-43-45-47-49-51-54-57-60-63-66-69-72-79(83)88-77(70-67-64-61-58-55-52-27-24-21-18-15-12-9-3)76(75-87-89(84,85)86-74-73-81(4,5)6)80-78(82)71-68-65-62-59-56-53-50-48-46-44-42-37-35-33-31-29-26-23-20-17-14-11-8-2/h19-20,22-23,28-31,34-37,39-40,67,70,76-77H,7-18,21,24-27,32-33,38,41-66,68-69,71-75H2,1-6H3,(H-,80,82,84,85)/b22-19-,23-20-,30-28-,31-29-,36-34-,37-35-,40-39-,70-67+. The van der Waals surface area contributed by atoms with E-state index in [-0.39, 0.29) is 24.9 Å². The van der Waals surface area contributed by atoms with E-state index in [1.165, 1.54) is 205 Å². The van der Waals surface area contributed by atoms with Crippen molar-refractivity contribution in [2.24, 2.45) is 0 Å². The maximum atomic E-state index is 13.6. The van der Waals surface area contributed by atoms with Crippen LogP contribution in [0.3, 0.4) is 0 Å². The molecule has 0 radical (unpaired) electrons. The van der Waals surface area contributed by atoms with Gasteiger partial charge in [0.25, 0.3) is 7.82 Å². The molecule has 0 aromatic carbocycles. The van der Waals surface area contributed by atoms with E-state index in [1.54, 1.807) is 0 Å². The van der Waals surface area contributed by atoms with Crippen LogP contribution in [0.15, 0.2) is 97.2 Å². The minimum atomic E-state index is -4.71. The number of hydrogen-bond donors (Lipinski definition) is 1. The second kappa shape index (κ2) is 67.8. The second-order valence-corrected chi connectivity index (χ2v) is 27.9. The zero-order valence-corrected chi connectivity index (χ0v) is 60.0. The van der Waals surface area contributed by atoms with Gasteiger partial charge in [-0.2, -0.15) is 0 Å². The molecule has 1 amide bonds. The van der Waals surface area contributed by atoms with E-state index in [1.807, 2.05) is 33.3 Å². The number of amides is 1. The highest BCUT2D eigenvalue weighted by molar-refractivity contribution is 7.45. The summed E-state index contributed by atoms with van der Waals surface area (Å²) in [6.45, 7) is 6.82. The summed E-state index contributed by atoms with van der Waals surface area (Å²) in [5.74, 6) is -0.542. The number of nitrogens with one attached hydrogen (secondary N) is 1. The van der Waals surface area contributed by atoms with E-state index in [2.05, 4.69) is 111 Å². The molecule has 0 heterocycles. The molecule has 516 valence electrons. The van der Waals surface area contributed by atoms with Crippen molar-refractivity contribution in [3.63, 3.8) is 0 Å². The SMILES string of the molecule is CCCCC/C=C\C/C=C\C/C=C\C/C=C\CCCCCCCCCCCCCC(=O)OC(/C=C/CCCCCCCCCCCCC)C(COP(=O)([O-])OCC[N+](C)(C)C)NC(=O)CCCCCCCCCCCC/C=C\C/C=C\C/C=C\CCCCC. The van der Waals surface area contributed by atoms with Crippen molar-refractivity contribution in [2.45, 2.75) is 354 Å². The molecule has 0 aliphatic rings. The number of rotatable bonds is 68. The first kappa shape index (κ1) is 85.9. The van der Waals surface area contributed by atoms with Gasteiger partial charge in [0.05, 0.1) is 33.8 Å². The third-order valence-corrected chi connectivity index (χ3v) is 17.5. The van der Waals surface area contributed by atoms with Gasteiger partial charge in [-0.15, -0.1) is 0 Å². The van der Waals surface area contributed by atoms with E-state index in [0.717, 1.165) is 103 Å². The maximum Gasteiger partial charge on any atom is 0.306 e. The Labute approximate surface area is 551 Å². The third kappa shape index (κ3) is 69.1. The van der Waals surface area contributed by atoms with Crippen molar-refractivity contribution < 1.29 is 37.3 Å². The number of unbranched alkanes of at least 4 members (excludes halogenated alkanes) is 38. The van der Waals surface area contributed by atoms with Crippen LogP contribution in [0.4, 0.5) is 0 Å². The van der Waals surface area contributed by atoms with Crippen molar-refractivity contribution in [1.82, 2.24) is 5.32 Å². The van der Waals surface area contributed by atoms with Crippen LogP contribution < -0.4 is 10.2 Å². The zero-order chi connectivity index (χ0) is 64.9. The fraction of sp³-hybridized carbons (Fsp3) is 0.772. The average molecular weight is 1260 g/mol. The first-order valence-corrected chi connectivity index (χ1v) is 39.0. The lowest BCUT2D eigenvalue weighted by Crippen LogP contribution is -2.47. The summed E-state index contributed by atoms with van der Waals surface area (Å²) < 4.78 is 30.5. The number of quaternary nitrogens is 1. The number of allylic oxidation sites excluding steroid dienone is 15. The molecule has 3 unspecified atom stereocenters. The first-order valence-electron chi connectivity index (χ1n) is 37.5. The predicted molar refractivity (Wildman–Crippen MR) is 385 cm³/mol. The van der Waals surface area contributed by atoms with Gasteiger partial charge in [0.1, 0.15) is 19.3 Å². The topological polar surface area (TPSA) is 114 Å². The molecule has 10 heteroatoms. The molecule has 1 N–H and O–H groups in total. The molecule has 0 rings (SSSR count). The van der Waals surface area contributed by atoms with Crippen LogP contribution in [0.5, 0.6) is 0 Å². The molecule has 0 aromatic rings. The number of esters is 1. The van der Waals surface area contributed by atoms with Crippen molar-refractivity contribution in [1.29, 1.82) is 0 Å². The minimum Gasteiger partial charge on any atom is -0.756 e. The Hall–Kier alpha value is -3.07. The summed E-state index contributed by atoms with van der Waals surface area (Å²) in [4.78, 5) is 40.3. The monoisotopic (exact) mass is 1260 g/mol. The Balaban J connectivity index is 5.06. The number of nitrogens with zero attached hydrogens (tertiary/aromatic N) is 1. The fourth-order valence-electron chi connectivity index (χ4n) is 10.7. The summed E-state index contributed by atoms with van der Waals surface area (Å²) in [6.07, 6.45) is 92.4. The molecule has 9 nitrogen and oxygen atoms in total. The van der Waals surface area contributed by atoms with Crippen molar-refractivity contribution in [2.75, 3.05) is 40.9 Å². The van der Waals surface area contributed by atoms with Crippen LogP contribution in [0.1, 0.15) is 342 Å². The Morgan fingerprint density at radius 2 is 0.685 bits per heavy atom. The molecule has 0 saturated heterocycles. The van der Waals surface area contributed by atoms with Gasteiger partial charge in [0.15, 0.2) is 0 Å². The Morgan fingerprint density at radius 1 is 0.393 bits per heavy atom. The number of carbonyl (C=O) groups excluding carboxylic acids is 2. The molecule has 0 spiro atoms. The second-order valence-electron chi connectivity index (χ2n) is 26.4. The van der Waals surface area contributed by atoms with Crippen LogP contribution in [0, 0.1) is 0 Å². The number of phosphoric ester groups is 1. The quantitative estimate of drug-likeness (QED) is 0.0212. The van der Waals surface area contributed by atoms with E-state index in [0.29, 0.717) is 17.4 Å². The van der Waals surface area contributed by atoms with Gasteiger partial charge >= 0.3 is 5.97 Å². The van der Waals surface area contributed by atoms with Crippen molar-refractivity contribution >= 4 is 19.7 Å². The molecular weight excluding hydrogens is 1120 g/mol. The highest BCUT2D eigenvalue weighted by atomic mass is 31.2. The number of ether oxygens (including phenoxy) is 1. The summed E-state index contributed by atoms with van der Waals surface area (Å²) >= 11 is 0. The number of likely N-dealkylation sites (N-methyl/N-ethyl adjacent to an activating group) is 1. The highest BCUT2D eigenvalue weighted by Gasteiger charge is 2.27. The van der Waals surface area contributed by atoms with Gasteiger partial charge in [0, 0.05) is 12.8 Å². The predicted octanol–water partition coefficient (Wildman–Crippen LogP) is 23.6. The van der Waals surface area contributed by atoms with Gasteiger partial charge in [-0.3, -0.25) is 14.2 Å². The summed E-state index contributed by atoms with van der Waals surface area (Å²) in [7, 11) is 1.18. The normalized spacial score (nSPS) is 14.0. The van der Waals surface area contributed by atoms with E-state index in [4.69, 9.17) is 13.8 Å². The number of hydrogen-bond acceptors (Lipinski definition) is 7. The molecule has 3 atom stereocenters. The fourth-order valence-corrected chi connectivity index (χ4v) is 11.4. The molecule has 0 bridgehead atoms. The molecular formula is C79H143N2O7P. The zero-order valence-electron chi connectivity index (χ0n) is 59.1. The average Bonchev–Trinajstić information content (AvgIpc) is 3.63. The van der Waals surface area contributed by atoms with E-state index < -0.39 is 26.6 Å². The van der Waals surface area contributed by atoms with Crippen LogP contribution in [0.2, 0.25) is 0 Å². The largest absolute Gasteiger partial charge is 0.756 e. The first-order chi connectivity index (χ1) is 43.4. The van der Waals surface area contributed by atoms with Gasteiger partial charge < -0.3 is 28.5 Å². The van der Waals surface area contributed by atoms with E-state index in [9.17, 15) is 19.0 Å². The Kier molecular flexibility index (Phi) is 65.5. The highest BCUT2D eigenvalue weighted by Crippen LogP contribution is 2.38.